The SMILES string of the molecule is CCCS(=O)(=O)OO.N. The van der Waals surface area contributed by atoms with Crippen molar-refractivity contribution in [3.05, 3.63) is 0 Å². The van der Waals surface area contributed by atoms with Crippen molar-refractivity contribution in [3.8, 4) is 0 Å². The van der Waals surface area contributed by atoms with Gasteiger partial charge in [0.25, 0.3) is 10.1 Å². The van der Waals surface area contributed by atoms with Crippen molar-refractivity contribution in [3.63, 3.8) is 0 Å². The lowest BCUT2D eigenvalue weighted by atomic mass is 10.6. The zero-order chi connectivity index (χ0) is 6.62. The number of rotatable bonds is 3. The molecule has 0 heterocycles. The monoisotopic (exact) mass is 157 g/mol. The van der Waals surface area contributed by atoms with Crippen LogP contribution >= 0.6 is 0 Å². The van der Waals surface area contributed by atoms with E-state index in [-0.39, 0.29) is 11.9 Å². The molecular weight excluding hydrogens is 146 g/mol. The van der Waals surface area contributed by atoms with Gasteiger partial charge in [-0.05, 0) is 6.42 Å². The predicted molar refractivity (Wildman–Crippen MR) is 32.8 cm³/mol. The lowest BCUT2D eigenvalue weighted by Crippen LogP contribution is -2.06. The maximum Gasteiger partial charge on any atom is 0.293 e. The molecule has 0 rings (SSSR count). The van der Waals surface area contributed by atoms with Gasteiger partial charge in [0.2, 0.25) is 0 Å². The summed E-state index contributed by atoms with van der Waals surface area (Å²) in [4.78, 5) is 0. The molecule has 0 aromatic heterocycles. The summed E-state index contributed by atoms with van der Waals surface area (Å²) < 4.78 is 23.4. The van der Waals surface area contributed by atoms with Crippen molar-refractivity contribution in [2.24, 2.45) is 0 Å². The van der Waals surface area contributed by atoms with E-state index in [1.54, 1.807) is 6.92 Å². The third-order valence-corrected chi connectivity index (χ3v) is 1.70. The van der Waals surface area contributed by atoms with Crippen molar-refractivity contribution >= 4 is 10.1 Å². The minimum absolute atomic E-state index is 0. The average molecular weight is 157 g/mol. The molecule has 6 heteroatoms. The Morgan fingerprint density at radius 1 is 1.56 bits per heavy atom. The van der Waals surface area contributed by atoms with Crippen molar-refractivity contribution in [1.29, 1.82) is 0 Å². The lowest BCUT2D eigenvalue weighted by molar-refractivity contribution is -0.130. The van der Waals surface area contributed by atoms with E-state index in [9.17, 15) is 8.42 Å². The second-order valence-corrected chi connectivity index (χ2v) is 3.01. The van der Waals surface area contributed by atoms with Crippen LogP contribution in [0.3, 0.4) is 0 Å². The van der Waals surface area contributed by atoms with Crippen LogP contribution in [0.2, 0.25) is 0 Å². The second kappa shape index (κ2) is 4.68. The fourth-order valence-electron chi connectivity index (χ4n) is 0.287. The highest BCUT2D eigenvalue weighted by Crippen LogP contribution is 1.90. The highest BCUT2D eigenvalue weighted by molar-refractivity contribution is 7.86. The molecule has 4 N–H and O–H groups in total. The van der Waals surface area contributed by atoms with Gasteiger partial charge >= 0.3 is 0 Å². The van der Waals surface area contributed by atoms with E-state index in [0.29, 0.717) is 6.42 Å². The standard InChI is InChI=1S/C3H8O4S.H3N/c1-2-3-8(5,6)7-4;/h4H,2-3H2,1H3;1H3. The van der Waals surface area contributed by atoms with Crippen LogP contribution in [0.25, 0.3) is 0 Å². The van der Waals surface area contributed by atoms with E-state index in [1.807, 2.05) is 0 Å². The molecule has 0 unspecified atom stereocenters. The van der Waals surface area contributed by atoms with Gasteiger partial charge in [-0.3, -0.25) is 0 Å². The summed E-state index contributed by atoms with van der Waals surface area (Å²) in [5, 5.41) is 7.64. The maximum atomic E-state index is 10.1. The fourth-order valence-corrected chi connectivity index (χ4v) is 0.862. The van der Waals surface area contributed by atoms with E-state index >= 15 is 0 Å². The van der Waals surface area contributed by atoms with Crippen LogP contribution in [0.4, 0.5) is 0 Å². The van der Waals surface area contributed by atoms with Crippen LogP contribution in [0.5, 0.6) is 0 Å². The van der Waals surface area contributed by atoms with E-state index in [4.69, 9.17) is 5.26 Å². The molecule has 0 bridgehead atoms. The van der Waals surface area contributed by atoms with Crippen LogP contribution in [0, 0.1) is 0 Å². The molecule has 0 amide bonds. The summed E-state index contributed by atoms with van der Waals surface area (Å²) in [6.45, 7) is 1.68. The Bertz CT molecular complexity index is 140. The van der Waals surface area contributed by atoms with Gasteiger partial charge in [-0.2, -0.15) is 8.42 Å². The molecule has 0 aromatic carbocycles. The van der Waals surface area contributed by atoms with Crippen LogP contribution in [0.15, 0.2) is 0 Å². The Hall–Kier alpha value is -0.170. The van der Waals surface area contributed by atoms with E-state index < -0.39 is 10.1 Å². The fraction of sp³-hybridized carbons (Fsp3) is 1.00. The van der Waals surface area contributed by atoms with Crippen LogP contribution in [-0.4, -0.2) is 19.4 Å². The third-order valence-electron chi connectivity index (χ3n) is 0.568. The Morgan fingerprint density at radius 2 is 2.00 bits per heavy atom. The van der Waals surface area contributed by atoms with Crippen LogP contribution in [0.1, 0.15) is 13.3 Å². The normalized spacial score (nSPS) is 10.4. The molecule has 0 atom stereocenters. The molecule has 0 spiro atoms. The molecule has 0 saturated heterocycles. The summed E-state index contributed by atoms with van der Waals surface area (Å²) in [6, 6.07) is 0. The maximum absolute atomic E-state index is 10.1. The topological polar surface area (TPSA) is 98.6 Å². The first-order valence-corrected chi connectivity index (χ1v) is 3.76. The van der Waals surface area contributed by atoms with Gasteiger partial charge < -0.3 is 6.15 Å². The van der Waals surface area contributed by atoms with E-state index in [0.717, 1.165) is 0 Å². The number of hydrogen-bond acceptors (Lipinski definition) is 5. The van der Waals surface area contributed by atoms with E-state index in [2.05, 4.69) is 4.33 Å². The van der Waals surface area contributed by atoms with Gasteiger partial charge in [0.15, 0.2) is 0 Å². The quantitative estimate of drug-likeness (QED) is 0.455. The molecule has 0 saturated carbocycles. The highest BCUT2D eigenvalue weighted by atomic mass is 32.2. The van der Waals surface area contributed by atoms with Gasteiger partial charge in [-0.1, -0.05) is 6.92 Å². The summed E-state index contributed by atoms with van der Waals surface area (Å²) in [5.74, 6) is -0.135. The zero-order valence-electron chi connectivity index (χ0n) is 5.20. The van der Waals surface area contributed by atoms with Crippen molar-refractivity contribution in [1.82, 2.24) is 6.15 Å². The first-order valence-electron chi connectivity index (χ1n) is 2.18. The molecule has 0 radical (unpaired) electrons. The lowest BCUT2D eigenvalue weighted by Gasteiger charge is -1.92. The molecule has 9 heavy (non-hydrogen) atoms. The Balaban J connectivity index is 0. The predicted octanol–water partition coefficient (Wildman–Crippen LogP) is 0.378. The Kier molecular flexibility index (Phi) is 6.04. The Labute approximate surface area is 54.3 Å². The van der Waals surface area contributed by atoms with E-state index in [1.165, 1.54) is 0 Å². The smallest absolute Gasteiger partial charge is 0.293 e. The zero-order valence-corrected chi connectivity index (χ0v) is 6.02. The largest absolute Gasteiger partial charge is 0.344 e. The molecular formula is C3H11NO4S. The molecule has 0 aromatic rings. The van der Waals surface area contributed by atoms with Gasteiger partial charge in [0.05, 0.1) is 5.75 Å². The molecule has 0 fully saturated rings. The second-order valence-electron chi connectivity index (χ2n) is 1.34. The van der Waals surface area contributed by atoms with Gasteiger partial charge in [0, 0.05) is 0 Å². The van der Waals surface area contributed by atoms with Crippen LogP contribution < -0.4 is 6.15 Å². The highest BCUT2D eigenvalue weighted by Gasteiger charge is 2.06. The number of hydrogen-bond donors (Lipinski definition) is 2. The summed E-state index contributed by atoms with van der Waals surface area (Å²) in [6.07, 6.45) is 0.447. The molecule has 0 aliphatic heterocycles. The molecule has 0 aliphatic carbocycles. The third kappa shape index (κ3) is 5.71. The molecule has 0 aliphatic rings. The summed E-state index contributed by atoms with van der Waals surface area (Å²) in [5.41, 5.74) is 0. The average Bonchev–Trinajstić information content (AvgIpc) is 1.67. The van der Waals surface area contributed by atoms with Gasteiger partial charge in [-0.25, -0.2) is 5.26 Å². The van der Waals surface area contributed by atoms with Crippen LogP contribution in [-0.2, 0) is 14.5 Å². The summed E-state index contributed by atoms with van der Waals surface area (Å²) in [7, 11) is -3.61. The minimum atomic E-state index is -3.61. The van der Waals surface area contributed by atoms with Crippen molar-refractivity contribution in [2.45, 2.75) is 13.3 Å². The van der Waals surface area contributed by atoms with Gasteiger partial charge in [-0.15, -0.1) is 4.33 Å². The minimum Gasteiger partial charge on any atom is -0.344 e. The first-order chi connectivity index (χ1) is 3.62. The summed E-state index contributed by atoms with van der Waals surface area (Å²) >= 11 is 0. The van der Waals surface area contributed by atoms with Crippen molar-refractivity contribution < 1.29 is 18.0 Å². The first kappa shape index (κ1) is 11.6. The van der Waals surface area contributed by atoms with Crippen molar-refractivity contribution in [2.75, 3.05) is 5.75 Å². The molecule has 5 nitrogen and oxygen atoms in total. The Morgan fingerprint density at radius 3 is 2.11 bits per heavy atom. The molecule has 58 valence electrons. The van der Waals surface area contributed by atoms with Gasteiger partial charge in [0.1, 0.15) is 0 Å².